The van der Waals surface area contributed by atoms with Gasteiger partial charge in [-0.15, -0.1) is 0 Å². The lowest BCUT2D eigenvalue weighted by atomic mass is 9.89. The lowest BCUT2D eigenvalue weighted by Crippen LogP contribution is -2.54. The zero-order valence-electron chi connectivity index (χ0n) is 15.6. The summed E-state index contributed by atoms with van der Waals surface area (Å²) >= 11 is 0. The summed E-state index contributed by atoms with van der Waals surface area (Å²) in [5.41, 5.74) is 0.356. The van der Waals surface area contributed by atoms with E-state index in [0.29, 0.717) is 29.7 Å². The number of likely N-dealkylation sites (tertiary alicyclic amines) is 1. The van der Waals surface area contributed by atoms with Gasteiger partial charge in [-0.25, -0.2) is 0 Å². The Kier molecular flexibility index (Phi) is 5.64. The van der Waals surface area contributed by atoms with Gasteiger partial charge in [-0.3, -0.25) is 4.79 Å². The molecule has 1 aromatic rings. The number of fused-ring (bicyclic) bond motifs is 1. The minimum Gasteiger partial charge on any atom is -0.485 e. The summed E-state index contributed by atoms with van der Waals surface area (Å²) in [5.74, 6) is 1.84. The van der Waals surface area contributed by atoms with Crippen LogP contribution in [0, 0.1) is 11.8 Å². The Morgan fingerprint density at radius 3 is 2.68 bits per heavy atom. The van der Waals surface area contributed by atoms with Crippen molar-refractivity contribution in [2.24, 2.45) is 11.8 Å². The van der Waals surface area contributed by atoms with Gasteiger partial charge in [0.05, 0.1) is 18.7 Å². The number of benzene rings is 1. The Labute approximate surface area is 150 Å². The number of carbonyl (C=O) groups excluding carboxylic acids is 1. The molecule has 0 saturated carbocycles. The quantitative estimate of drug-likeness (QED) is 0.890. The van der Waals surface area contributed by atoms with Gasteiger partial charge in [0.1, 0.15) is 11.4 Å². The van der Waals surface area contributed by atoms with Crippen molar-refractivity contribution in [3.63, 3.8) is 0 Å². The largest absolute Gasteiger partial charge is 0.485 e. The van der Waals surface area contributed by atoms with Crippen LogP contribution in [0.4, 0.5) is 0 Å². The lowest BCUT2D eigenvalue weighted by molar-refractivity contribution is -0.00454. The summed E-state index contributed by atoms with van der Waals surface area (Å²) in [5, 5.41) is 3.05. The predicted octanol–water partition coefficient (Wildman–Crippen LogP) is 2.56. The molecule has 2 heterocycles. The highest BCUT2D eigenvalue weighted by atomic mass is 16.5. The molecule has 0 aromatic heterocycles. The number of methoxy groups -OCH3 is 1. The first-order chi connectivity index (χ1) is 12.0. The molecule has 0 radical (unpaired) electrons. The maximum absolute atomic E-state index is 12.3. The Bertz CT molecular complexity index is 594. The normalized spacial score (nSPS) is 21.4. The molecule has 25 heavy (non-hydrogen) atoms. The number of hydrogen-bond acceptors (Lipinski definition) is 4. The van der Waals surface area contributed by atoms with Crippen molar-refractivity contribution in [1.82, 2.24) is 10.2 Å². The number of amides is 1. The monoisotopic (exact) mass is 346 g/mol. The topological polar surface area (TPSA) is 50.8 Å². The number of nitrogens with one attached hydrogen (secondary N) is 1. The highest BCUT2D eigenvalue weighted by molar-refractivity contribution is 5.97. The second kappa shape index (κ2) is 7.75. The van der Waals surface area contributed by atoms with Crippen LogP contribution in [0.5, 0.6) is 5.75 Å². The summed E-state index contributed by atoms with van der Waals surface area (Å²) in [6.45, 7) is 8.95. The van der Waals surface area contributed by atoms with Crippen molar-refractivity contribution in [3.8, 4) is 5.75 Å². The third-order valence-corrected chi connectivity index (χ3v) is 5.61. The molecular formula is C20H30N2O3. The van der Waals surface area contributed by atoms with E-state index in [1.165, 1.54) is 0 Å². The molecule has 1 aromatic carbocycles. The average molecular weight is 346 g/mol. The van der Waals surface area contributed by atoms with E-state index in [1.54, 1.807) is 7.11 Å². The van der Waals surface area contributed by atoms with Crippen molar-refractivity contribution < 1.29 is 14.3 Å². The molecule has 1 saturated heterocycles. The second-order valence-corrected chi connectivity index (χ2v) is 7.72. The van der Waals surface area contributed by atoms with E-state index in [0.717, 1.165) is 39.1 Å². The van der Waals surface area contributed by atoms with E-state index in [4.69, 9.17) is 9.47 Å². The van der Waals surface area contributed by atoms with Crippen LogP contribution in [0.3, 0.4) is 0 Å². The third-order valence-electron chi connectivity index (χ3n) is 5.61. The zero-order valence-corrected chi connectivity index (χ0v) is 15.6. The van der Waals surface area contributed by atoms with Gasteiger partial charge in [-0.1, -0.05) is 26.0 Å². The Morgan fingerprint density at radius 2 is 2.00 bits per heavy atom. The van der Waals surface area contributed by atoms with E-state index in [1.807, 2.05) is 24.3 Å². The number of piperidine rings is 1. The number of para-hydroxylation sites is 1. The van der Waals surface area contributed by atoms with Crippen LogP contribution in [0.25, 0.3) is 0 Å². The van der Waals surface area contributed by atoms with Gasteiger partial charge in [0.2, 0.25) is 0 Å². The SMILES string of the molecule is COCC(CN1CCC2(CC1)CNC(=O)c1ccccc1O2)C(C)C. The Morgan fingerprint density at radius 1 is 1.28 bits per heavy atom. The van der Waals surface area contributed by atoms with E-state index in [9.17, 15) is 4.79 Å². The minimum absolute atomic E-state index is 0.0325. The summed E-state index contributed by atoms with van der Waals surface area (Å²) in [4.78, 5) is 14.8. The maximum Gasteiger partial charge on any atom is 0.255 e. The van der Waals surface area contributed by atoms with Crippen LogP contribution < -0.4 is 10.1 Å². The van der Waals surface area contributed by atoms with Crippen molar-refractivity contribution in [2.45, 2.75) is 32.3 Å². The molecule has 0 bridgehead atoms. The molecule has 1 N–H and O–H groups in total. The molecule has 1 fully saturated rings. The Hall–Kier alpha value is -1.59. The van der Waals surface area contributed by atoms with E-state index >= 15 is 0 Å². The van der Waals surface area contributed by atoms with Crippen LogP contribution in [0.2, 0.25) is 0 Å². The van der Waals surface area contributed by atoms with Crippen LogP contribution in [-0.2, 0) is 4.74 Å². The summed E-state index contributed by atoms with van der Waals surface area (Å²) in [6.07, 6.45) is 1.86. The molecule has 138 valence electrons. The minimum atomic E-state index is -0.284. The molecule has 2 aliphatic rings. The van der Waals surface area contributed by atoms with E-state index in [-0.39, 0.29) is 11.5 Å². The molecule has 1 unspecified atom stereocenters. The van der Waals surface area contributed by atoms with Crippen LogP contribution >= 0.6 is 0 Å². The number of nitrogens with zero attached hydrogens (tertiary/aromatic N) is 1. The van der Waals surface area contributed by atoms with Crippen LogP contribution in [0.15, 0.2) is 24.3 Å². The zero-order chi connectivity index (χ0) is 17.9. The fourth-order valence-electron chi connectivity index (χ4n) is 3.77. The first-order valence-electron chi connectivity index (χ1n) is 9.30. The second-order valence-electron chi connectivity index (χ2n) is 7.72. The fourth-order valence-corrected chi connectivity index (χ4v) is 3.77. The number of ether oxygens (including phenoxy) is 2. The van der Waals surface area contributed by atoms with Crippen molar-refractivity contribution >= 4 is 5.91 Å². The first kappa shape index (κ1) is 18.2. The standard InChI is InChI=1S/C20H30N2O3/c1-15(2)16(13-24-3)12-22-10-8-20(9-11-22)14-21-19(23)17-6-4-5-7-18(17)25-20/h4-7,15-16H,8-14H2,1-3H3,(H,21,23). The summed E-state index contributed by atoms with van der Waals surface area (Å²) in [6, 6.07) is 7.54. The lowest BCUT2D eigenvalue weighted by Gasteiger charge is -2.42. The molecule has 1 spiro atoms. The van der Waals surface area contributed by atoms with Crippen LogP contribution in [0.1, 0.15) is 37.0 Å². The molecule has 0 aliphatic carbocycles. The Balaban J connectivity index is 1.64. The first-order valence-corrected chi connectivity index (χ1v) is 9.30. The summed E-state index contributed by atoms with van der Waals surface area (Å²) < 4.78 is 11.8. The van der Waals surface area contributed by atoms with E-state index < -0.39 is 0 Å². The average Bonchev–Trinajstić information content (AvgIpc) is 2.74. The third kappa shape index (κ3) is 4.15. The van der Waals surface area contributed by atoms with Gasteiger partial charge >= 0.3 is 0 Å². The smallest absolute Gasteiger partial charge is 0.255 e. The van der Waals surface area contributed by atoms with Gasteiger partial charge in [0.15, 0.2) is 0 Å². The molecule has 2 aliphatic heterocycles. The number of carbonyl (C=O) groups is 1. The predicted molar refractivity (Wildman–Crippen MR) is 98.0 cm³/mol. The van der Waals surface area contributed by atoms with Gasteiger partial charge in [0.25, 0.3) is 5.91 Å². The molecule has 5 heteroatoms. The van der Waals surface area contributed by atoms with Crippen molar-refractivity contribution in [3.05, 3.63) is 29.8 Å². The fraction of sp³-hybridized carbons (Fsp3) is 0.650. The summed E-state index contributed by atoms with van der Waals surface area (Å²) in [7, 11) is 1.78. The molecule has 1 atom stereocenters. The molecule has 3 rings (SSSR count). The molecular weight excluding hydrogens is 316 g/mol. The number of hydrogen-bond donors (Lipinski definition) is 1. The van der Waals surface area contributed by atoms with Gasteiger partial charge in [-0.2, -0.15) is 0 Å². The molecule has 5 nitrogen and oxygen atoms in total. The van der Waals surface area contributed by atoms with Gasteiger partial charge in [0, 0.05) is 39.6 Å². The van der Waals surface area contributed by atoms with Gasteiger partial charge in [-0.05, 0) is 24.0 Å². The maximum atomic E-state index is 12.3. The van der Waals surface area contributed by atoms with Crippen molar-refractivity contribution in [2.75, 3.05) is 39.9 Å². The highest BCUT2D eigenvalue weighted by Gasteiger charge is 2.40. The van der Waals surface area contributed by atoms with Gasteiger partial charge < -0.3 is 19.7 Å². The number of rotatable bonds is 5. The van der Waals surface area contributed by atoms with Crippen LogP contribution in [-0.4, -0.2) is 56.3 Å². The molecule has 1 amide bonds. The van der Waals surface area contributed by atoms with E-state index in [2.05, 4.69) is 24.1 Å². The highest BCUT2D eigenvalue weighted by Crippen LogP contribution is 2.33. The van der Waals surface area contributed by atoms with Crippen molar-refractivity contribution in [1.29, 1.82) is 0 Å².